The summed E-state index contributed by atoms with van der Waals surface area (Å²) < 4.78 is 0. The van der Waals surface area contributed by atoms with Gasteiger partial charge in [0, 0.05) is 5.11 Å². The van der Waals surface area contributed by atoms with Gasteiger partial charge in [-0.2, -0.15) is 0 Å². The maximum Gasteiger partial charge on any atom is 1.00 e. The first-order valence-corrected chi connectivity index (χ1v) is 3.14. The zero-order valence-corrected chi connectivity index (χ0v) is 8.74. The molecule has 0 radical (unpaired) electrons. The van der Waals surface area contributed by atoms with Crippen LogP contribution in [0.2, 0.25) is 0 Å². The van der Waals surface area contributed by atoms with Gasteiger partial charge in [0.2, 0.25) is 0 Å². The molecule has 1 saturated heterocycles. The molecular formula is C5H9N2NaS. The predicted octanol–water partition coefficient (Wildman–Crippen LogP) is -2.02. The molecule has 0 aliphatic carbocycles. The van der Waals surface area contributed by atoms with E-state index in [0.717, 1.165) is 24.6 Å². The molecule has 0 aromatic heterocycles. The van der Waals surface area contributed by atoms with Gasteiger partial charge in [-0.15, -0.1) is 0 Å². The predicted molar refractivity (Wildman–Crippen MR) is 38.1 cm³/mol. The van der Waals surface area contributed by atoms with Crippen LogP contribution in [0.25, 0.3) is 5.32 Å². The summed E-state index contributed by atoms with van der Waals surface area (Å²) in [6.45, 7) is 1.99. The third-order valence-corrected chi connectivity index (χ3v) is 1.67. The van der Waals surface area contributed by atoms with Crippen molar-refractivity contribution in [1.82, 2.24) is 4.90 Å². The van der Waals surface area contributed by atoms with E-state index >= 15 is 0 Å². The molecule has 0 atom stereocenters. The van der Waals surface area contributed by atoms with Crippen molar-refractivity contribution >= 4 is 17.3 Å². The zero-order valence-electron chi connectivity index (χ0n) is 5.92. The molecule has 1 heterocycles. The van der Waals surface area contributed by atoms with E-state index in [1.54, 1.807) is 0 Å². The minimum absolute atomic E-state index is 0. The Balaban J connectivity index is 0.000000640. The molecule has 1 rings (SSSR count). The van der Waals surface area contributed by atoms with Gasteiger partial charge in [0.05, 0.1) is 0 Å². The number of hydrogen-bond donors (Lipinski definition) is 0. The summed E-state index contributed by atoms with van der Waals surface area (Å²) >= 11 is 4.89. The van der Waals surface area contributed by atoms with Crippen LogP contribution in [0.5, 0.6) is 0 Å². The Labute approximate surface area is 83.3 Å². The van der Waals surface area contributed by atoms with Crippen LogP contribution in [0, 0.1) is 0 Å². The van der Waals surface area contributed by atoms with Crippen LogP contribution in [0.4, 0.5) is 0 Å². The van der Waals surface area contributed by atoms with Gasteiger partial charge < -0.3 is 10.2 Å². The molecule has 9 heavy (non-hydrogen) atoms. The smallest absolute Gasteiger partial charge is 0.463 e. The standard InChI is InChI=1S/C5H10N2S.Na/c1-7-4-2-3-6-5(7)8;/h2-4H2,1H3,(H,6,8);/q;+1/p-1. The van der Waals surface area contributed by atoms with E-state index in [1.165, 1.54) is 0 Å². The Hall–Kier alpha value is 0.690. The summed E-state index contributed by atoms with van der Waals surface area (Å²) in [6, 6.07) is 0. The number of thiocarbonyl (C=S) groups is 1. The summed E-state index contributed by atoms with van der Waals surface area (Å²) in [4.78, 5) is 2.00. The van der Waals surface area contributed by atoms with E-state index < -0.39 is 0 Å². The fourth-order valence-corrected chi connectivity index (χ4v) is 0.882. The molecule has 1 fully saturated rings. The second-order valence-electron chi connectivity index (χ2n) is 1.94. The summed E-state index contributed by atoms with van der Waals surface area (Å²) in [5.74, 6) is 0. The summed E-state index contributed by atoms with van der Waals surface area (Å²) in [6.07, 6.45) is 1.15. The van der Waals surface area contributed by atoms with Crippen LogP contribution in [-0.2, 0) is 0 Å². The second kappa shape index (κ2) is 4.50. The average molecular weight is 152 g/mol. The minimum atomic E-state index is 0. The van der Waals surface area contributed by atoms with Crippen molar-refractivity contribution in [2.24, 2.45) is 0 Å². The van der Waals surface area contributed by atoms with E-state index in [2.05, 4.69) is 5.32 Å². The Bertz CT molecular complexity index is 107. The molecule has 0 aromatic rings. The van der Waals surface area contributed by atoms with Crippen molar-refractivity contribution in [1.29, 1.82) is 0 Å². The van der Waals surface area contributed by atoms with Crippen molar-refractivity contribution < 1.29 is 29.6 Å². The SMILES string of the molecule is CN1CCC[N-]C1=S.[Na+]. The quantitative estimate of drug-likeness (QED) is 0.294. The van der Waals surface area contributed by atoms with Crippen LogP contribution in [0.15, 0.2) is 0 Å². The van der Waals surface area contributed by atoms with Crippen LogP contribution in [-0.4, -0.2) is 30.1 Å². The number of rotatable bonds is 0. The van der Waals surface area contributed by atoms with E-state index in [9.17, 15) is 0 Å². The Morgan fingerprint density at radius 1 is 1.67 bits per heavy atom. The third kappa shape index (κ3) is 2.85. The van der Waals surface area contributed by atoms with Crippen molar-refractivity contribution in [2.75, 3.05) is 20.1 Å². The van der Waals surface area contributed by atoms with Crippen molar-refractivity contribution in [3.8, 4) is 0 Å². The molecule has 0 aromatic carbocycles. The van der Waals surface area contributed by atoms with Crippen molar-refractivity contribution in [3.05, 3.63) is 5.32 Å². The summed E-state index contributed by atoms with van der Waals surface area (Å²) in [5, 5.41) is 4.83. The van der Waals surface area contributed by atoms with E-state index in [4.69, 9.17) is 12.2 Å². The van der Waals surface area contributed by atoms with E-state index in [0.29, 0.717) is 0 Å². The number of nitrogens with zero attached hydrogens (tertiary/aromatic N) is 2. The average Bonchev–Trinajstić information content (AvgIpc) is 1.77. The maximum atomic E-state index is 4.89. The molecule has 0 saturated carbocycles. The van der Waals surface area contributed by atoms with Crippen molar-refractivity contribution in [3.63, 3.8) is 0 Å². The molecule has 2 nitrogen and oxygen atoms in total. The second-order valence-corrected chi connectivity index (χ2v) is 2.30. The van der Waals surface area contributed by atoms with E-state index in [1.807, 2.05) is 11.9 Å². The topological polar surface area (TPSA) is 17.3 Å². The van der Waals surface area contributed by atoms with Gasteiger partial charge in [0.25, 0.3) is 0 Å². The van der Waals surface area contributed by atoms with Crippen LogP contribution in [0.3, 0.4) is 0 Å². The van der Waals surface area contributed by atoms with Gasteiger partial charge >= 0.3 is 29.6 Å². The molecule has 0 bridgehead atoms. The molecule has 46 valence electrons. The van der Waals surface area contributed by atoms with Crippen molar-refractivity contribution in [2.45, 2.75) is 6.42 Å². The first-order valence-electron chi connectivity index (χ1n) is 2.73. The fourth-order valence-electron chi connectivity index (χ4n) is 0.699. The van der Waals surface area contributed by atoms with Gasteiger partial charge in [0.15, 0.2) is 0 Å². The number of hydrogen-bond acceptors (Lipinski definition) is 1. The monoisotopic (exact) mass is 152 g/mol. The van der Waals surface area contributed by atoms with Gasteiger partial charge in [-0.05, 0) is 6.54 Å². The first kappa shape index (κ1) is 9.69. The molecule has 0 spiro atoms. The molecular weight excluding hydrogens is 143 g/mol. The summed E-state index contributed by atoms with van der Waals surface area (Å²) in [7, 11) is 1.98. The van der Waals surface area contributed by atoms with Crippen LogP contribution < -0.4 is 29.6 Å². The molecule has 4 heteroatoms. The summed E-state index contributed by atoms with van der Waals surface area (Å²) in [5.41, 5.74) is 0. The zero-order chi connectivity index (χ0) is 5.98. The van der Waals surface area contributed by atoms with Crippen LogP contribution in [0.1, 0.15) is 6.42 Å². The normalized spacial score (nSPS) is 18.3. The fraction of sp³-hybridized carbons (Fsp3) is 0.800. The van der Waals surface area contributed by atoms with Gasteiger partial charge in [-0.1, -0.05) is 32.2 Å². The molecule has 0 N–H and O–H groups in total. The molecule has 1 aliphatic rings. The first-order chi connectivity index (χ1) is 3.80. The van der Waals surface area contributed by atoms with Gasteiger partial charge in [0.1, 0.15) is 0 Å². The third-order valence-electron chi connectivity index (χ3n) is 1.23. The molecule has 0 amide bonds. The van der Waals surface area contributed by atoms with Crippen LogP contribution >= 0.6 is 12.2 Å². The van der Waals surface area contributed by atoms with Gasteiger partial charge in [-0.25, -0.2) is 0 Å². The Morgan fingerprint density at radius 2 is 2.33 bits per heavy atom. The van der Waals surface area contributed by atoms with E-state index in [-0.39, 0.29) is 29.6 Å². The largest absolute Gasteiger partial charge is 1.00 e. The van der Waals surface area contributed by atoms with Gasteiger partial charge in [-0.3, -0.25) is 0 Å². The maximum absolute atomic E-state index is 4.89. The Kier molecular flexibility index (Phi) is 4.84. The Morgan fingerprint density at radius 3 is 2.67 bits per heavy atom. The minimum Gasteiger partial charge on any atom is -0.463 e. The molecule has 1 aliphatic heterocycles. The molecule has 0 unspecified atom stereocenters.